The second-order valence-electron chi connectivity index (χ2n) is 4.20. The number of nitrogens with one attached hydrogen (secondary N) is 1. The number of fused-ring (bicyclic) bond motifs is 3. The van der Waals surface area contributed by atoms with Crippen molar-refractivity contribution < 1.29 is 0 Å². The van der Waals surface area contributed by atoms with Crippen LogP contribution < -0.4 is 5.32 Å². The molecule has 0 radical (unpaired) electrons. The van der Waals surface area contributed by atoms with Gasteiger partial charge in [-0.3, -0.25) is 4.90 Å². The first kappa shape index (κ1) is 7.77. The van der Waals surface area contributed by atoms with Crippen LogP contribution >= 0.6 is 0 Å². The fourth-order valence-electron chi connectivity index (χ4n) is 2.77. The summed E-state index contributed by atoms with van der Waals surface area (Å²) in [6, 6.07) is 2.02. The molecule has 2 nitrogen and oxygen atoms in total. The molecule has 3 aliphatic rings. The predicted octanol–water partition coefficient (Wildman–Crippen LogP) is 0.917. The van der Waals surface area contributed by atoms with E-state index in [1.54, 1.807) is 0 Å². The molecule has 3 rings (SSSR count). The van der Waals surface area contributed by atoms with Crippen LogP contribution in [0.2, 0.25) is 0 Å². The summed E-state index contributed by atoms with van der Waals surface area (Å²) in [6.07, 6.45) is 11.9. The van der Waals surface area contributed by atoms with Crippen LogP contribution in [0.15, 0.2) is 24.3 Å². The van der Waals surface area contributed by atoms with E-state index < -0.39 is 0 Å². The molecule has 0 spiro atoms. The van der Waals surface area contributed by atoms with E-state index in [0.717, 1.165) is 13.1 Å². The normalized spacial score (nSPS) is 43.2. The van der Waals surface area contributed by atoms with Gasteiger partial charge in [-0.2, -0.15) is 0 Å². The van der Waals surface area contributed by atoms with Crippen LogP contribution in [0, 0.1) is 0 Å². The van der Waals surface area contributed by atoms with Crippen LogP contribution in [0.1, 0.15) is 12.8 Å². The summed E-state index contributed by atoms with van der Waals surface area (Å²) in [5.41, 5.74) is 0. The summed E-state index contributed by atoms with van der Waals surface area (Å²) in [5, 5.41) is 3.65. The van der Waals surface area contributed by atoms with Gasteiger partial charge in [-0.15, -0.1) is 0 Å². The maximum Gasteiger partial charge on any atom is 0.0441 e. The molecule has 0 aromatic rings. The topological polar surface area (TPSA) is 15.3 Å². The number of hydrogen-bond acceptors (Lipinski definition) is 2. The maximum absolute atomic E-state index is 3.65. The molecule has 0 bridgehead atoms. The van der Waals surface area contributed by atoms with Gasteiger partial charge < -0.3 is 5.32 Å². The fourth-order valence-corrected chi connectivity index (χ4v) is 2.77. The fraction of sp³-hybridized carbons (Fsp3) is 0.636. The predicted molar refractivity (Wildman–Crippen MR) is 53.6 cm³/mol. The molecule has 1 aliphatic carbocycles. The van der Waals surface area contributed by atoms with Gasteiger partial charge in [-0.05, 0) is 12.8 Å². The van der Waals surface area contributed by atoms with E-state index >= 15 is 0 Å². The van der Waals surface area contributed by atoms with Gasteiger partial charge in [-0.25, -0.2) is 0 Å². The monoisotopic (exact) mass is 176 g/mol. The Kier molecular flexibility index (Phi) is 1.77. The molecule has 0 aromatic carbocycles. The first-order valence-electron chi connectivity index (χ1n) is 5.27. The Bertz CT molecular complexity index is 257. The van der Waals surface area contributed by atoms with Gasteiger partial charge in [-0.1, -0.05) is 24.3 Å². The molecule has 2 heterocycles. The standard InChI is InChI=1S/C11H16N2/c1-2-6-11-10(5-1)12-8-9-4-3-7-13(9)11/h2-4,6,9-12H,1,5,7-8H2. The molecule has 1 fully saturated rings. The van der Waals surface area contributed by atoms with Crippen molar-refractivity contribution in [3.05, 3.63) is 24.3 Å². The molecule has 13 heavy (non-hydrogen) atoms. The van der Waals surface area contributed by atoms with Crippen molar-refractivity contribution in [3.63, 3.8) is 0 Å². The van der Waals surface area contributed by atoms with Crippen molar-refractivity contribution in [2.75, 3.05) is 13.1 Å². The van der Waals surface area contributed by atoms with E-state index in [0.29, 0.717) is 18.1 Å². The van der Waals surface area contributed by atoms with Crippen molar-refractivity contribution in [1.29, 1.82) is 0 Å². The largest absolute Gasteiger partial charge is 0.310 e. The highest BCUT2D eigenvalue weighted by Crippen LogP contribution is 2.25. The van der Waals surface area contributed by atoms with Gasteiger partial charge in [0.2, 0.25) is 0 Å². The first-order chi connectivity index (χ1) is 6.45. The van der Waals surface area contributed by atoms with E-state index in [9.17, 15) is 0 Å². The minimum Gasteiger partial charge on any atom is -0.310 e. The summed E-state index contributed by atoms with van der Waals surface area (Å²) < 4.78 is 0. The van der Waals surface area contributed by atoms with E-state index in [1.807, 2.05) is 0 Å². The molecule has 0 saturated carbocycles. The van der Waals surface area contributed by atoms with Crippen molar-refractivity contribution in [2.45, 2.75) is 31.0 Å². The van der Waals surface area contributed by atoms with E-state index in [1.165, 1.54) is 12.8 Å². The number of allylic oxidation sites excluding steroid dienone is 1. The lowest BCUT2D eigenvalue weighted by Gasteiger charge is -2.43. The zero-order chi connectivity index (χ0) is 8.67. The van der Waals surface area contributed by atoms with Crippen molar-refractivity contribution >= 4 is 0 Å². The third-order valence-electron chi connectivity index (χ3n) is 3.46. The molecule has 1 N–H and O–H groups in total. The number of piperazine rings is 1. The summed E-state index contributed by atoms with van der Waals surface area (Å²) in [6.45, 7) is 2.30. The lowest BCUT2D eigenvalue weighted by atomic mass is 9.92. The average Bonchev–Trinajstić information content (AvgIpc) is 2.65. The van der Waals surface area contributed by atoms with Crippen LogP contribution in [-0.4, -0.2) is 36.1 Å². The van der Waals surface area contributed by atoms with Gasteiger partial charge in [0, 0.05) is 31.2 Å². The summed E-state index contributed by atoms with van der Waals surface area (Å²) in [4.78, 5) is 2.61. The van der Waals surface area contributed by atoms with Crippen molar-refractivity contribution in [3.8, 4) is 0 Å². The second kappa shape index (κ2) is 2.96. The van der Waals surface area contributed by atoms with E-state index in [-0.39, 0.29) is 0 Å². The third-order valence-corrected chi connectivity index (χ3v) is 3.46. The molecule has 2 aliphatic heterocycles. The molecule has 3 unspecified atom stereocenters. The second-order valence-corrected chi connectivity index (χ2v) is 4.20. The van der Waals surface area contributed by atoms with Crippen LogP contribution in [0.5, 0.6) is 0 Å². The Labute approximate surface area is 79.3 Å². The Morgan fingerprint density at radius 2 is 2.23 bits per heavy atom. The van der Waals surface area contributed by atoms with Gasteiger partial charge in [0.05, 0.1) is 0 Å². The molecule has 0 aromatic heterocycles. The molecular weight excluding hydrogens is 160 g/mol. The molecular formula is C11H16N2. The minimum atomic E-state index is 0.655. The van der Waals surface area contributed by atoms with E-state index in [2.05, 4.69) is 34.5 Å². The molecule has 2 heteroatoms. The highest BCUT2D eigenvalue weighted by molar-refractivity contribution is 5.17. The quantitative estimate of drug-likeness (QED) is 0.552. The zero-order valence-electron chi connectivity index (χ0n) is 7.82. The molecule has 3 atom stereocenters. The van der Waals surface area contributed by atoms with Crippen molar-refractivity contribution in [1.82, 2.24) is 10.2 Å². The summed E-state index contributed by atoms with van der Waals surface area (Å²) in [7, 11) is 0. The lowest BCUT2D eigenvalue weighted by Crippen LogP contribution is -2.60. The molecule has 1 saturated heterocycles. The Morgan fingerprint density at radius 3 is 3.23 bits per heavy atom. The minimum absolute atomic E-state index is 0.655. The zero-order valence-corrected chi connectivity index (χ0v) is 7.82. The number of nitrogens with zero attached hydrogens (tertiary/aromatic N) is 1. The number of rotatable bonds is 0. The average molecular weight is 176 g/mol. The van der Waals surface area contributed by atoms with Gasteiger partial charge in [0.15, 0.2) is 0 Å². The van der Waals surface area contributed by atoms with Gasteiger partial charge >= 0.3 is 0 Å². The number of hydrogen-bond donors (Lipinski definition) is 1. The molecule has 0 amide bonds. The molecule has 70 valence electrons. The van der Waals surface area contributed by atoms with Gasteiger partial charge in [0.25, 0.3) is 0 Å². The highest BCUT2D eigenvalue weighted by atomic mass is 15.3. The third kappa shape index (κ3) is 1.17. The van der Waals surface area contributed by atoms with Crippen molar-refractivity contribution in [2.24, 2.45) is 0 Å². The smallest absolute Gasteiger partial charge is 0.0441 e. The Morgan fingerprint density at radius 1 is 1.23 bits per heavy atom. The van der Waals surface area contributed by atoms with E-state index in [4.69, 9.17) is 0 Å². The Balaban J connectivity index is 1.85. The van der Waals surface area contributed by atoms with Crippen LogP contribution in [-0.2, 0) is 0 Å². The van der Waals surface area contributed by atoms with Crippen LogP contribution in [0.3, 0.4) is 0 Å². The summed E-state index contributed by atoms with van der Waals surface area (Å²) >= 11 is 0. The SMILES string of the molecule is C1=CC2C(CC1)NCC1C=CCN12. The van der Waals surface area contributed by atoms with Gasteiger partial charge in [0.1, 0.15) is 0 Å². The maximum atomic E-state index is 3.65. The van der Waals surface area contributed by atoms with Crippen LogP contribution in [0.25, 0.3) is 0 Å². The van der Waals surface area contributed by atoms with Crippen LogP contribution in [0.4, 0.5) is 0 Å². The lowest BCUT2D eigenvalue weighted by molar-refractivity contribution is 0.130. The highest BCUT2D eigenvalue weighted by Gasteiger charge is 2.36. The summed E-state index contributed by atoms with van der Waals surface area (Å²) in [5.74, 6) is 0. The first-order valence-corrected chi connectivity index (χ1v) is 5.27. The Hall–Kier alpha value is -0.600.